The molecule has 0 spiro atoms. The number of carbonyl (C=O) groups is 3. The van der Waals surface area contributed by atoms with Crippen LogP contribution < -0.4 is 11.1 Å². The Hall–Kier alpha value is -2.12. The topological polar surface area (TPSA) is 119 Å². The van der Waals surface area contributed by atoms with E-state index in [4.69, 9.17) is 10.8 Å². The summed E-state index contributed by atoms with van der Waals surface area (Å²) in [5, 5.41) is 11.1. The Labute approximate surface area is 134 Å². The zero-order valence-corrected chi connectivity index (χ0v) is 12.8. The van der Waals surface area contributed by atoms with Crippen molar-refractivity contribution in [3.05, 3.63) is 35.9 Å². The third-order valence-electron chi connectivity index (χ3n) is 2.83. The molecule has 7 nitrogen and oxygen atoms in total. The lowest BCUT2D eigenvalue weighted by atomic mass is 10.1. The second-order valence-corrected chi connectivity index (χ2v) is 4.48. The van der Waals surface area contributed by atoms with E-state index in [0.717, 1.165) is 5.56 Å². The average Bonchev–Trinajstić information content (AvgIpc) is 2.46. The first-order valence-corrected chi connectivity index (χ1v) is 6.33. The minimum absolute atomic E-state index is 0. The van der Waals surface area contributed by atoms with Gasteiger partial charge in [-0.2, -0.15) is 0 Å². The van der Waals surface area contributed by atoms with Crippen molar-refractivity contribution in [1.29, 1.82) is 0 Å². The fourth-order valence-corrected chi connectivity index (χ4v) is 1.73. The van der Waals surface area contributed by atoms with Crippen LogP contribution in [0.5, 0.6) is 0 Å². The van der Waals surface area contributed by atoms with E-state index in [-0.39, 0.29) is 18.8 Å². The molecule has 2 atom stereocenters. The van der Waals surface area contributed by atoms with Gasteiger partial charge in [-0.3, -0.25) is 9.59 Å². The Morgan fingerprint density at radius 1 is 1.27 bits per heavy atom. The van der Waals surface area contributed by atoms with Crippen molar-refractivity contribution in [1.82, 2.24) is 5.32 Å². The third-order valence-corrected chi connectivity index (χ3v) is 2.83. The smallest absolute Gasteiger partial charge is 0.328 e. The molecule has 0 saturated carbocycles. The number of ether oxygens (including phenoxy) is 1. The standard InChI is InChI=1S/C14H18N2O5.ClH/c1-21-14(20)11(7-9-5-3-2-4-6-9)16-12(17)8-10(15)13(18)19;/h2-6,10-11H,7-8,15H2,1H3,(H,16,17)(H,18,19);1H/t10-,11-;/m0./s1. The van der Waals surface area contributed by atoms with Gasteiger partial charge in [0.25, 0.3) is 0 Å². The van der Waals surface area contributed by atoms with Crippen LogP contribution >= 0.6 is 12.4 Å². The van der Waals surface area contributed by atoms with Crippen LogP contribution in [0.4, 0.5) is 0 Å². The molecular formula is C14H19ClN2O5. The first kappa shape index (κ1) is 19.9. The van der Waals surface area contributed by atoms with Crippen LogP contribution in [0.25, 0.3) is 0 Å². The summed E-state index contributed by atoms with van der Waals surface area (Å²) >= 11 is 0. The van der Waals surface area contributed by atoms with E-state index in [0.29, 0.717) is 0 Å². The van der Waals surface area contributed by atoms with Gasteiger partial charge in [0.2, 0.25) is 5.91 Å². The molecule has 0 heterocycles. The van der Waals surface area contributed by atoms with Crippen LogP contribution in [0.2, 0.25) is 0 Å². The minimum Gasteiger partial charge on any atom is -0.480 e. The lowest BCUT2D eigenvalue weighted by Gasteiger charge is -2.17. The summed E-state index contributed by atoms with van der Waals surface area (Å²) in [6.07, 6.45) is -0.154. The normalized spacial score (nSPS) is 12.5. The number of esters is 1. The van der Waals surface area contributed by atoms with E-state index < -0.39 is 36.4 Å². The second-order valence-electron chi connectivity index (χ2n) is 4.48. The molecule has 4 N–H and O–H groups in total. The van der Waals surface area contributed by atoms with E-state index in [2.05, 4.69) is 10.1 Å². The largest absolute Gasteiger partial charge is 0.480 e. The maximum absolute atomic E-state index is 11.7. The van der Waals surface area contributed by atoms with E-state index in [1.54, 1.807) is 0 Å². The Morgan fingerprint density at radius 3 is 2.36 bits per heavy atom. The summed E-state index contributed by atoms with van der Waals surface area (Å²) in [5.74, 6) is -2.49. The third kappa shape index (κ3) is 6.55. The molecular weight excluding hydrogens is 312 g/mol. The highest BCUT2D eigenvalue weighted by Crippen LogP contribution is 2.05. The number of rotatable bonds is 7. The molecule has 0 aromatic heterocycles. The maximum atomic E-state index is 11.7. The molecule has 0 radical (unpaired) electrons. The SMILES string of the molecule is COC(=O)[C@H](Cc1ccccc1)NC(=O)C[C@H](N)C(=O)O.Cl. The average molecular weight is 331 g/mol. The van der Waals surface area contributed by atoms with Gasteiger partial charge in [0.1, 0.15) is 12.1 Å². The highest BCUT2D eigenvalue weighted by atomic mass is 35.5. The summed E-state index contributed by atoms with van der Waals surface area (Å²) in [6.45, 7) is 0. The van der Waals surface area contributed by atoms with Gasteiger partial charge in [0.05, 0.1) is 13.5 Å². The van der Waals surface area contributed by atoms with Crippen molar-refractivity contribution in [3.63, 3.8) is 0 Å². The molecule has 0 aliphatic carbocycles. The number of halogens is 1. The lowest BCUT2D eigenvalue weighted by molar-refractivity contribution is -0.145. The predicted octanol–water partition coefficient (Wildman–Crippen LogP) is 0.111. The van der Waals surface area contributed by atoms with Crippen molar-refractivity contribution in [3.8, 4) is 0 Å². The van der Waals surface area contributed by atoms with E-state index in [9.17, 15) is 14.4 Å². The molecule has 0 unspecified atom stereocenters. The van der Waals surface area contributed by atoms with Crippen LogP contribution in [0.15, 0.2) is 30.3 Å². The predicted molar refractivity (Wildman–Crippen MR) is 81.6 cm³/mol. The Kier molecular flexibility index (Phi) is 8.81. The number of hydrogen-bond acceptors (Lipinski definition) is 5. The summed E-state index contributed by atoms with van der Waals surface area (Å²) < 4.78 is 4.64. The number of methoxy groups -OCH3 is 1. The van der Waals surface area contributed by atoms with Gasteiger partial charge in [-0.25, -0.2) is 4.79 Å². The summed E-state index contributed by atoms with van der Waals surface area (Å²) in [7, 11) is 1.22. The zero-order valence-electron chi connectivity index (χ0n) is 12.0. The molecule has 1 amide bonds. The number of amides is 1. The molecule has 122 valence electrons. The van der Waals surface area contributed by atoms with Gasteiger partial charge in [-0.15, -0.1) is 12.4 Å². The molecule has 0 aliphatic heterocycles. The molecule has 0 fully saturated rings. The molecule has 1 aromatic rings. The lowest BCUT2D eigenvalue weighted by Crippen LogP contribution is -2.45. The fraction of sp³-hybridized carbons (Fsp3) is 0.357. The van der Waals surface area contributed by atoms with Crippen molar-refractivity contribution in [2.75, 3.05) is 7.11 Å². The number of carboxylic acids is 1. The van der Waals surface area contributed by atoms with Crippen LogP contribution in [-0.4, -0.2) is 42.1 Å². The van der Waals surface area contributed by atoms with Gasteiger partial charge >= 0.3 is 11.9 Å². The first-order valence-electron chi connectivity index (χ1n) is 6.33. The first-order chi connectivity index (χ1) is 9.93. The quantitative estimate of drug-likeness (QED) is 0.611. The van der Waals surface area contributed by atoms with Crippen LogP contribution in [0.3, 0.4) is 0 Å². The monoisotopic (exact) mass is 330 g/mol. The van der Waals surface area contributed by atoms with Crippen molar-refractivity contribution in [2.24, 2.45) is 5.73 Å². The van der Waals surface area contributed by atoms with Gasteiger partial charge < -0.3 is 20.9 Å². The van der Waals surface area contributed by atoms with Gasteiger partial charge in [0.15, 0.2) is 0 Å². The second kappa shape index (κ2) is 9.75. The van der Waals surface area contributed by atoms with Gasteiger partial charge in [0, 0.05) is 6.42 Å². The van der Waals surface area contributed by atoms with Crippen molar-refractivity contribution < 1.29 is 24.2 Å². The zero-order chi connectivity index (χ0) is 15.8. The Bertz CT molecular complexity index is 509. The number of carboxylic acid groups (broad SMARTS) is 1. The van der Waals surface area contributed by atoms with Crippen LogP contribution in [0.1, 0.15) is 12.0 Å². The molecule has 0 bridgehead atoms. The number of benzene rings is 1. The molecule has 1 aromatic carbocycles. The van der Waals surface area contributed by atoms with Crippen molar-refractivity contribution in [2.45, 2.75) is 24.9 Å². The molecule has 22 heavy (non-hydrogen) atoms. The number of carbonyl (C=O) groups excluding carboxylic acids is 2. The van der Waals surface area contributed by atoms with Crippen LogP contribution in [0, 0.1) is 0 Å². The molecule has 0 saturated heterocycles. The van der Waals surface area contributed by atoms with Crippen molar-refractivity contribution >= 4 is 30.3 Å². The minimum atomic E-state index is -1.31. The Balaban J connectivity index is 0.00000441. The number of nitrogens with one attached hydrogen (secondary N) is 1. The number of aliphatic carboxylic acids is 1. The fourth-order valence-electron chi connectivity index (χ4n) is 1.73. The van der Waals surface area contributed by atoms with Crippen LogP contribution in [-0.2, 0) is 25.5 Å². The highest BCUT2D eigenvalue weighted by molar-refractivity contribution is 5.88. The summed E-state index contributed by atoms with van der Waals surface area (Å²) in [6, 6.07) is 6.89. The Morgan fingerprint density at radius 2 is 1.86 bits per heavy atom. The molecule has 0 aliphatic rings. The number of hydrogen-bond donors (Lipinski definition) is 3. The summed E-state index contributed by atoms with van der Waals surface area (Å²) in [5.41, 5.74) is 6.12. The molecule has 1 rings (SSSR count). The maximum Gasteiger partial charge on any atom is 0.328 e. The van der Waals surface area contributed by atoms with E-state index in [1.807, 2.05) is 30.3 Å². The molecule has 8 heteroatoms. The van der Waals surface area contributed by atoms with Gasteiger partial charge in [-0.1, -0.05) is 30.3 Å². The van der Waals surface area contributed by atoms with Gasteiger partial charge in [-0.05, 0) is 5.56 Å². The summed E-state index contributed by atoms with van der Waals surface area (Å²) in [4.78, 5) is 34.0. The number of nitrogens with two attached hydrogens (primary N) is 1. The highest BCUT2D eigenvalue weighted by Gasteiger charge is 2.24. The van der Waals surface area contributed by atoms with E-state index in [1.165, 1.54) is 7.11 Å². The van der Waals surface area contributed by atoms with E-state index >= 15 is 0 Å².